The fourth-order valence-electron chi connectivity index (χ4n) is 1.32. The number of hydrogen-bond donors (Lipinski definition) is 1. The molecule has 0 fully saturated rings. The minimum Gasteiger partial charge on any atom is -0.297 e. The number of rotatable bonds is 4. The van der Waals surface area contributed by atoms with Crippen LogP contribution in [-0.4, -0.2) is 25.8 Å². The van der Waals surface area contributed by atoms with Gasteiger partial charge >= 0.3 is 5.69 Å². The first-order valence-electron chi connectivity index (χ1n) is 4.78. The van der Waals surface area contributed by atoms with Crippen LogP contribution in [0, 0.1) is 0 Å². The van der Waals surface area contributed by atoms with Crippen LogP contribution in [0.15, 0.2) is 9.59 Å². The van der Waals surface area contributed by atoms with Gasteiger partial charge in [0, 0.05) is 29.4 Å². The number of nitrogens with zero attached hydrogens (tertiary/aromatic N) is 1. The van der Waals surface area contributed by atoms with E-state index >= 15 is 0 Å². The molecule has 0 aliphatic heterocycles. The summed E-state index contributed by atoms with van der Waals surface area (Å²) in [6, 6.07) is 0. The van der Waals surface area contributed by atoms with Crippen molar-refractivity contribution in [3.8, 4) is 0 Å². The van der Waals surface area contributed by atoms with Gasteiger partial charge in [-0.25, -0.2) is 4.79 Å². The fraction of sp³-hybridized carbons (Fsp3) is 0.556. The van der Waals surface area contributed by atoms with Crippen LogP contribution in [0.25, 0.3) is 0 Å². The van der Waals surface area contributed by atoms with E-state index in [0.29, 0.717) is 12.0 Å². The average Bonchev–Trinajstić information content (AvgIpc) is 2.16. The summed E-state index contributed by atoms with van der Waals surface area (Å²) in [5.41, 5.74) is -0.581. The molecular formula is C9H13ClN2O3S. The third-order valence-electron chi connectivity index (χ3n) is 2.19. The van der Waals surface area contributed by atoms with Crippen molar-refractivity contribution in [2.24, 2.45) is 0 Å². The molecule has 0 saturated heterocycles. The summed E-state index contributed by atoms with van der Waals surface area (Å²) in [6.07, 6.45) is 1.97. The van der Waals surface area contributed by atoms with E-state index in [9.17, 15) is 13.8 Å². The highest BCUT2D eigenvalue weighted by molar-refractivity contribution is 7.84. The second-order valence-electron chi connectivity index (χ2n) is 3.31. The molecule has 1 heterocycles. The highest BCUT2D eigenvalue weighted by Gasteiger charge is 2.10. The van der Waals surface area contributed by atoms with Gasteiger partial charge in [0.15, 0.2) is 0 Å². The second-order valence-corrected chi connectivity index (χ2v) is 5.24. The fourth-order valence-corrected chi connectivity index (χ4v) is 2.05. The molecule has 0 aromatic carbocycles. The molecule has 0 aliphatic rings. The van der Waals surface area contributed by atoms with E-state index in [0.717, 1.165) is 4.57 Å². The molecule has 0 saturated carbocycles. The van der Waals surface area contributed by atoms with E-state index in [1.807, 2.05) is 0 Å². The summed E-state index contributed by atoms with van der Waals surface area (Å²) in [4.78, 5) is 25.7. The van der Waals surface area contributed by atoms with Gasteiger partial charge in [0.1, 0.15) is 5.15 Å². The molecule has 1 atom stereocenters. The average molecular weight is 265 g/mol. The van der Waals surface area contributed by atoms with Crippen LogP contribution in [0.2, 0.25) is 5.15 Å². The Labute approximate surface area is 99.9 Å². The topological polar surface area (TPSA) is 71.9 Å². The molecule has 1 aromatic heterocycles. The second kappa shape index (κ2) is 5.45. The Kier molecular flexibility index (Phi) is 4.49. The molecule has 1 aromatic rings. The van der Waals surface area contributed by atoms with Gasteiger partial charge in [-0.15, -0.1) is 0 Å². The Morgan fingerprint density at radius 2 is 2.06 bits per heavy atom. The van der Waals surface area contributed by atoms with E-state index in [2.05, 4.69) is 4.98 Å². The van der Waals surface area contributed by atoms with Crippen molar-refractivity contribution in [1.29, 1.82) is 0 Å². The lowest BCUT2D eigenvalue weighted by Crippen LogP contribution is -2.38. The maximum Gasteiger partial charge on any atom is 0.329 e. The van der Waals surface area contributed by atoms with Gasteiger partial charge in [0.05, 0.1) is 5.56 Å². The number of hydrogen-bond acceptors (Lipinski definition) is 3. The maximum absolute atomic E-state index is 11.8. The number of nitrogens with one attached hydrogen (secondary N) is 1. The van der Waals surface area contributed by atoms with Crippen molar-refractivity contribution in [2.45, 2.75) is 19.9 Å². The Morgan fingerprint density at radius 1 is 1.44 bits per heavy atom. The summed E-state index contributed by atoms with van der Waals surface area (Å²) in [5, 5.41) is 0.0892. The first kappa shape index (κ1) is 13.2. The summed E-state index contributed by atoms with van der Waals surface area (Å²) in [7, 11) is -1.04. The van der Waals surface area contributed by atoms with Crippen LogP contribution in [0.4, 0.5) is 0 Å². The number of H-pyrrole nitrogens is 1. The van der Waals surface area contributed by atoms with Crippen molar-refractivity contribution in [1.82, 2.24) is 9.55 Å². The van der Waals surface area contributed by atoms with Crippen molar-refractivity contribution < 1.29 is 4.21 Å². The van der Waals surface area contributed by atoms with Gasteiger partial charge < -0.3 is 0 Å². The van der Waals surface area contributed by atoms with E-state index in [4.69, 9.17) is 11.6 Å². The molecule has 7 heteroatoms. The molecule has 1 N–H and O–H groups in total. The lowest BCUT2D eigenvalue weighted by Gasteiger charge is -2.06. The Balaban J connectivity index is 3.24. The molecule has 0 spiro atoms. The maximum atomic E-state index is 11.8. The lowest BCUT2D eigenvalue weighted by atomic mass is 10.2. The van der Waals surface area contributed by atoms with Crippen molar-refractivity contribution in [2.75, 3.05) is 12.0 Å². The predicted molar refractivity (Wildman–Crippen MR) is 64.6 cm³/mol. The molecule has 0 bridgehead atoms. The first-order chi connectivity index (χ1) is 7.47. The van der Waals surface area contributed by atoms with Crippen LogP contribution in [0.1, 0.15) is 12.5 Å². The first-order valence-corrected chi connectivity index (χ1v) is 6.89. The van der Waals surface area contributed by atoms with Crippen LogP contribution >= 0.6 is 11.6 Å². The van der Waals surface area contributed by atoms with E-state index in [1.165, 1.54) is 6.26 Å². The Morgan fingerprint density at radius 3 is 2.56 bits per heavy atom. The van der Waals surface area contributed by atoms with Crippen LogP contribution in [0.5, 0.6) is 0 Å². The van der Waals surface area contributed by atoms with Gasteiger partial charge in [-0.2, -0.15) is 0 Å². The van der Waals surface area contributed by atoms with E-state index in [1.54, 1.807) is 6.92 Å². The number of aromatic amines is 1. The molecule has 0 radical (unpaired) electrons. The molecule has 0 amide bonds. The zero-order chi connectivity index (χ0) is 12.3. The number of aromatic nitrogens is 2. The summed E-state index contributed by atoms with van der Waals surface area (Å²) in [6.45, 7) is 1.92. The lowest BCUT2D eigenvalue weighted by molar-refractivity contribution is 0.648. The third-order valence-corrected chi connectivity index (χ3v) is 3.27. The van der Waals surface area contributed by atoms with Gasteiger partial charge in [0.2, 0.25) is 0 Å². The normalized spacial score (nSPS) is 12.7. The van der Waals surface area contributed by atoms with E-state index in [-0.39, 0.29) is 17.5 Å². The van der Waals surface area contributed by atoms with Gasteiger partial charge in [-0.05, 0) is 6.42 Å². The minimum atomic E-state index is -1.04. The van der Waals surface area contributed by atoms with Gasteiger partial charge in [0.25, 0.3) is 5.56 Å². The van der Waals surface area contributed by atoms with Crippen molar-refractivity contribution >= 4 is 22.4 Å². The smallest absolute Gasteiger partial charge is 0.297 e. The Hall–Kier alpha value is -0.880. The van der Waals surface area contributed by atoms with Crippen LogP contribution < -0.4 is 11.2 Å². The summed E-state index contributed by atoms with van der Waals surface area (Å²) >= 11 is 5.74. The molecule has 5 nitrogen and oxygen atoms in total. The molecule has 0 aliphatic carbocycles. The molecule has 1 unspecified atom stereocenters. The molecule has 1 rings (SSSR count). The molecule has 90 valence electrons. The monoisotopic (exact) mass is 264 g/mol. The van der Waals surface area contributed by atoms with Crippen LogP contribution in [0.3, 0.4) is 0 Å². The minimum absolute atomic E-state index is 0.0892. The molecular weight excluding hydrogens is 252 g/mol. The van der Waals surface area contributed by atoms with Gasteiger partial charge in [-0.1, -0.05) is 18.5 Å². The number of halogens is 1. The standard InChI is InChI=1S/C9H13ClN2O3S/c1-3-6-7(10)11-9(14)12(8(6)13)4-5-16(2)15/h3-5H2,1-2H3,(H,11,14). The van der Waals surface area contributed by atoms with Crippen molar-refractivity contribution in [3.63, 3.8) is 0 Å². The van der Waals surface area contributed by atoms with Gasteiger partial charge in [-0.3, -0.25) is 18.6 Å². The van der Waals surface area contributed by atoms with Crippen molar-refractivity contribution in [3.05, 3.63) is 31.6 Å². The Bertz CT molecular complexity index is 520. The van der Waals surface area contributed by atoms with Crippen LogP contribution in [-0.2, 0) is 23.8 Å². The predicted octanol–water partition coefficient (Wildman–Crippen LogP) is 0.131. The SMILES string of the molecule is CCc1c(Cl)[nH]c(=O)n(CCS(C)=O)c1=O. The van der Waals surface area contributed by atoms with E-state index < -0.39 is 22.0 Å². The quantitative estimate of drug-likeness (QED) is 0.786. The largest absolute Gasteiger partial charge is 0.329 e. The molecule has 16 heavy (non-hydrogen) atoms. The summed E-state index contributed by atoms with van der Waals surface area (Å²) in [5.74, 6) is 0.272. The zero-order valence-corrected chi connectivity index (χ0v) is 10.7. The highest BCUT2D eigenvalue weighted by atomic mass is 35.5. The zero-order valence-electron chi connectivity index (χ0n) is 9.08. The highest BCUT2D eigenvalue weighted by Crippen LogP contribution is 2.05. The third kappa shape index (κ3) is 2.82. The summed E-state index contributed by atoms with van der Waals surface area (Å²) < 4.78 is 12.0.